The first-order valence-electron chi connectivity index (χ1n) is 11.4. The maximum Gasteiger partial charge on any atom is 0.328 e. The molecule has 1 amide bonds. The summed E-state index contributed by atoms with van der Waals surface area (Å²) in [6.45, 7) is 2.80. The molecular weight excluding hydrogens is 468 g/mol. The van der Waals surface area contributed by atoms with E-state index in [1.54, 1.807) is 11.8 Å². The minimum absolute atomic E-state index is 0.260. The number of benzene rings is 2. The summed E-state index contributed by atoms with van der Waals surface area (Å²) in [6, 6.07) is 16.6. The zero-order valence-corrected chi connectivity index (χ0v) is 20.3. The molecule has 182 valence electrons. The van der Waals surface area contributed by atoms with Gasteiger partial charge < -0.3 is 23.8 Å². The zero-order valence-electron chi connectivity index (χ0n) is 19.5. The molecule has 1 unspecified atom stereocenters. The molecule has 0 saturated carbocycles. The molecule has 1 fully saturated rings. The number of esters is 1. The van der Waals surface area contributed by atoms with E-state index in [2.05, 4.69) is 4.98 Å². The quantitative estimate of drug-likeness (QED) is 0.480. The molecule has 8 nitrogen and oxygen atoms in total. The van der Waals surface area contributed by atoms with E-state index in [1.165, 1.54) is 18.4 Å². The van der Waals surface area contributed by atoms with E-state index in [4.69, 9.17) is 18.9 Å². The fraction of sp³-hybridized carbons (Fsp3) is 0.346. The number of nitrogens with zero attached hydrogens (tertiary/aromatic N) is 2. The van der Waals surface area contributed by atoms with Gasteiger partial charge in [-0.2, -0.15) is 0 Å². The Hall–Kier alpha value is -3.43. The molecule has 0 spiro atoms. The number of carbonyl (C=O) groups is 2. The highest BCUT2D eigenvalue weighted by Gasteiger charge is 2.42. The first-order chi connectivity index (χ1) is 17.0. The molecule has 1 aromatic heterocycles. The van der Waals surface area contributed by atoms with Gasteiger partial charge in [-0.1, -0.05) is 42.5 Å². The maximum atomic E-state index is 13.6. The van der Waals surface area contributed by atoms with E-state index in [0.717, 1.165) is 5.56 Å². The molecular formula is C26H26N2O6S. The molecule has 0 N–H and O–H groups in total. The molecule has 2 aliphatic heterocycles. The van der Waals surface area contributed by atoms with Crippen LogP contribution in [0.2, 0.25) is 0 Å². The number of aromatic nitrogens is 1. The summed E-state index contributed by atoms with van der Waals surface area (Å²) < 4.78 is 22.9. The van der Waals surface area contributed by atoms with Gasteiger partial charge in [0.1, 0.15) is 22.5 Å². The Labute approximate surface area is 207 Å². The second-order valence-electron chi connectivity index (χ2n) is 8.48. The van der Waals surface area contributed by atoms with E-state index in [9.17, 15) is 9.59 Å². The molecule has 9 heteroatoms. The average molecular weight is 495 g/mol. The van der Waals surface area contributed by atoms with Crippen molar-refractivity contribution in [3.05, 3.63) is 75.7 Å². The van der Waals surface area contributed by atoms with Crippen LogP contribution in [0.1, 0.15) is 38.5 Å². The summed E-state index contributed by atoms with van der Waals surface area (Å²) in [6.07, 6.45) is -0.304. The summed E-state index contributed by atoms with van der Waals surface area (Å²) in [5.41, 5.74) is 1.63. The fourth-order valence-corrected chi connectivity index (χ4v) is 5.35. The van der Waals surface area contributed by atoms with Crippen LogP contribution in [0, 0.1) is 6.92 Å². The lowest BCUT2D eigenvalue weighted by Gasteiger charge is -2.25. The standard InChI is InChI=1S/C26H26N2O6S/c1-16-23(35-24(27-16)22-15-33-20-10-6-7-11-21(20)34-22)25(29)28-13-18(12-19(28)26(30)31-2)32-14-17-8-4-3-5-9-17/h3-11,18-19,22H,12-15H2,1-2H3/t18-,19+,22?/m1/s1. The first kappa shape index (κ1) is 23.3. The number of hydrogen-bond acceptors (Lipinski definition) is 8. The summed E-state index contributed by atoms with van der Waals surface area (Å²) >= 11 is 1.27. The summed E-state index contributed by atoms with van der Waals surface area (Å²) in [5.74, 6) is 0.623. The van der Waals surface area contributed by atoms with Gasteiger partial charge in [0.15, 0.2) is 17.6 Å². The lowest BCUT2D eigenvalue weighted by molar-refractivity contribution is -0.145. The van der Waals surface area contributed by atoms with Crippen molar-refractivity contribution in [2.75, 3.05) is 20.3 Å². The number of likely N-dealkylation sites (tertiary alicyclic amines) is 1. The first-order valence-corrected chi connectivity index (χ1v) is 12.2. The Kier molecular flexibility index (Phi) is 6.70. The molecule has 3 atom stereocenters. The smallest absolute Gasteiger partial charge is 0.328 e. The number of thiazole rings is 1. The predicted molar refractivity (Wildman–Crippen MR) is 129 cm³/mol. The molecule has 0 aliphatic carbocycles. The van der Waals surface area contributed by atoms with E-state index >= 15 is 0 Å². The molecule has 2 aromatic carbocycles. The Morgan fingerprint density at radius 2 is 1.86 bits per heavy atom. The van der Waals surface area contributed by atoms with Gasteiger partial charge in [-0.3, -0.25) is 4.79 Å². The Bertz CT molecular complexity index is 1210. The largest absolute Gasteiger partial charge is 0.485 e. The van der Waals surface area contributed by atoms with Crippen LogP contribution >= 0.6 is 11.3 Å². The number of para-hydroxylation sites is 2. The number of amides is 1. The number of fused-ring (bicyclic) bond motifs is 1. The number of aryl methyl sites for hydroxylation is 1. The third-order valence-corrected chi connectivity index (χ3v) is 7.35. The van der Waals surface area contributed by atoms with Crippen LogP contribution in [0.3, 0.4) is 0 Å². The topological polar surface area (TPSA) is 87.2 Å². The molecule has 0 bridgehead atoms. The van der Waals surface area contributed by atoms with Gasteiger partial charge in [0.2, 0.25) is 0 Å². The third kappa shape index (κ3) is 4.87. The van der Waals surface area contributed by atoms with Gasteiger partial charge >= 0.3 is 5.97 Å². The van der Waals surface area contributed by atoms with Gasteiger partial charge in [-0.25, -0.2) is 9.78 Å². The molecule has 3 heterocycles. The monoisotopic (exact) mass is 494 g/mol. The summed E-state index contributed by atoms with van der Waals surface area (Å²) in [5, 5.41) is 0.658. The van der Waals surface area contributed by atoms with Gasteiger partial charge in [0.05, 0.1) is 25.5 Å². The average Bonchev–Trinajstić information content (AvgIpc) is 3.51. The highest BCUT2D eigenvalue weighted by Crippen LogP contribution is 2.38. The summed E-state index contributed by atoms with van der Waals surface area (Å²) in [4.78, 5) is 32.7. The molecule has 3 aromatic rings. The molecule has 35 heavy (non-hydrogen) atoms. The number of rotatable bonds is 6. The van der Waals surface area contributed by atoms with E-state index < -0.39 is 18.1 Å². The van der Waals surface area contributed by atoms with Crippen molar-refractivity contribution < 1.29 is 28.5 Å². The van der Waals surface area contributed by atoms with Crippen molar-refractivity contribution in [2.24, 2.45) is 0 Å². The Morgan fingerprint density at radius 1 is 1.11 bits per heavy atom. The fourth-order valence-electron chi connectivity index (χ4n) is 4.32. The SMILES string of the molecule is COC(=O)[C@@H]1C[C@@H](OCc2ccccc2)CN1C(=O)c1sc(C2COc3ccccc3O2)nc1C. The van der Waals surface area contributed by atoms with Crippen LogP contribution in [0.5, 0.6) is 11.5 Å². The molecule has 1 saturated heterocycles. The number of hydrogen-bond donors (Lipinski definition) is 0. The number of carbonyl (C=O) groups excluding carboxylic acids is 2. The van der Waals surface area contributed by atoms with Crippen molar-refractivity contribution in [1.29, 1.82) is 0 Å². The number of ether oxygens (including phenoxy) is 4. The van der Waals surface area contributed by atoms with Crippen molar-refractivity contribution >= 4 is 23.2 Å². The van der Waals surface area contributed by atoms with Crippen LogP contribution in [-0.4, -0.2) is 54.2 Å². The van der Waals surface area contributed by atoms with E-state index in [1.807, 2.05) is 54.6 Å². The highest BCUT2D eigenvalue weighted by atomic mass is 32.1. The van der Waals surface area contributed by atoms with Gasteiger partial charge in [0.25, 0.3) is 5.91 Å². The number of methoxy groups -OCH3 is 1. The predicted octanol–water partition coefficient (Wildman–Crippen LogP) is 3.94. The second kappa shape index (κ2) is 10.1. The van der Waals surface area contributed by atoms with Gasteiger partial charge in [-0.15, -0.1) is 11.3 Å². The van der Waals surface area contributed by atoms with Gasteiger partial charge in [-0.05, 0) is 24.6 Å². The van der Waals surface area contributed by atoms with E-state index in [-0.39, 0.29) is 12.0 Å². The highest BCUT2D eigenvalue weighted by molar-refractivity contribution is 7.13. The lowest BCUT2D eigenvalue weighted by Crippen LogP contribution is -2.41. The Morgan fingerprint density at radius 3 is 2.63 bits per heavy atom. The van der Waals surface area contributed by atoms with Crippen LogP contribution in [0.15, 0.2) is 54.6 Å². The van der Waals surface area contributed by atoms with Crippen molar-refractivity contribution in [3.63, 3.8) is 0 Å². The summed E-state index contributed by atoms with van der Waals surface area (Å²) in [7, 11) is 1.33. The minimum atomic E-state index is -0.709. The second-order valence-corrected chi connectivity index (χ2v) is 9.51. The maximum absolute atomic E-state index is 13.6. The van der Waals surface area contributed by atoms with Crippen LogP contribution < -0.4 is 9.47 Å². The van der Waals surface area contributed by atoms with Crippen LogP contribution in [0.4, 0.5) is 0 Å². The van der Waals surface area contributed by atoms with Crippen LogP contribution in [-0.2, 0) is 20.9 Å². The van der Waals surface area contributed by atoms with Crippen molar-refractivity contribution in [2.45, 2.75) is 38.2 Å². The van der Waals surface area contributed by atoms with E-state index in [0.29, 0.717) is 53.3 Å². The Balaban J connectivity index is 1.31. The van der Waals surface area contributed by atoms with Crippen molar-refractivity contribution in [1.82, 2.24) is 9.88 Å². The molecule has 0 radical (unpaired) electrons. The molecule has 5 rings (SSSR count). The van der Waals surface area contributed by atoms with Crippen LogP contribution in [0.25, 0.3) is 0 Å². The zero-order chi connectivity index (χ0) is 24.4. The third-order valence-electron chi connectivity index (χ3n) is 6.12. The van der Waals surface area contributed by atoms with Gasteiger partial charge in [0, 0.05) is 13.0 Å². The lowest BCUT2D eigenvalue weighted by atomic mass is 10.2. The minimum Gasteiger partial charge on any atom is -0.485 e. The normalized spacial score (nSPS) is 21.1. The molecule has 2 aliphatic rings. The van der Waals surface area contributed by atoms with Crippen molar-refractivity contribution in [3.8, 4) is 11.5 Å².